The summed E-state index contributed by atoms with van der Waals surface area (Å²) in [5.41, 5.74) is 0.356. The lowest BCUT2D eigenvalue weighted by Gasteiger charge is -2.17. The lowest BCUT2D eigenvalue weighted by atomic mass is 9.93. The van der Waals surface area contributed by atoms with Gasteiger partial charge in [-0.25, -0.2) is 0 Å². The van der Waals surface area contributed by atoms with Crippen molar-refractivity contribution in [3.05, 3.63) is 0 Å². The van der Waals surface area contributed by atoms with Crippen LogP contribution < -0.4 is 0 Å². The van der Waals surface area contributed by atoms with Gasteiger partial charge in [-0.15, -0.1) is 0 Å². The van der Waals surface area contributed by atoms with Crippen LogP contribution in [0.4, 0.5) is 0 Å². The first-order chi connectivity index (χ1) is 7.56. The van der Waals surface area contributed by atoms with E-state index in [-0.39, 0.29) is 0 Å². The van der Waals surface area contributed by atoms with Crippen LogP contribution in [-0.2, 0) is 14.2 Å². The van der Waals surface area contributed by atoms with Crippen LogP contribution in [0.15, 0.2) is 0 Å². The van der Waals surface area contributed by atoms with Crippen LogP contribution in [0.5, 0.6) is 0 Å². The maximum Gasteiger partial charge on any atom is 0.0701 e. The van der Waals surface area contributed by atoms with Gasteiger partial charge in [0.25, 0.3) is 0 Å². The van der Waals surface area contributed by atoms with Gasteiger partial charge in [0.15, 0.2) is 0 Å². The van der Waals surface area contributed by atoms with E-state index in [2.05, 4.69) is 27.7 Å². The third-order valence-electron chi connectivity index (χ3n) is 2.09. The molecule has 0 saturated carbocycles. The fourth-order valence-electron chi connectivity index (χ4n) is 1.06. The van der Waals surface area contributed by atoms with Gasteiger partial charge in [-0.05, 0) is 18.3 Å². The zero-order valence-corrected chi connectivity index (χ0v) is 11.4. The molecule has 0 saturated heterocycles. The highest BCUT2D eigenvalue weighted by Crippen LogP contribution is 2.17. The van der Waals surface area contributed by atoms with Crippen molar-refractivity contribution in [2.75, 3.05) is 39.6 Å². The summed E-state index contributed by atoms with van der Waals surface area (Å²) in [6, 6.07) is 0. The molecule has 0 spiro atoms. The van der Waals surface area contributed by atoms with Crippen LogP contribution in [-0.4, -0.2) is 39.6 Å². The molecule has 16 heavy (non-hydrogen) atoms. The van der Waals surface area contributed by atoms with Gasteiger partial charge in [0, 0.05) is 13.2 Å². The summed E-state index contributed by atoms with van der Waals surface area (Å²) in [6.07, 6.45) is 2.16. The fraction of sp³-hybridized carbons (Fsp3) is 1.00. The first-order valence-electron chi connectivity index (χ1n) is 6.29. The van der Waals surface area contributed by atoms with Gasteiger partial charge in [-0.1, -0.05) is 27.7 Å². The summed E-state index contributed by atoms with van der Waals surface area (Å²) in [4.78, 5) is 0. The van der Waals surface area contributed by atoms with Crippen molar-refractivity contribution in [3.63, 3.8) is 0 Å². The third kappa shape index (κ3) is 13.9. The van der Waals surface area contributed by atoms with E-state index in [0.29, 0.717) is 31.8 Å². The molecule has 0 heterocycles. The molecule has 0 aromatic carbocycles. The maximum atomic E-state index is 5.47. The predicted octanol–water partition coefficient (Wildman–Crippen LogP) is 2.88. The number of hydrogen-bond acceptors (Lipinski definition) is 3. The minimum absolute atomic E-state index is 0.356. The summed E-state index contributed by atoms with van der Waals surface area (Å²) in [5.74, 6) is 0. The van der Waals surface area contributed by atoms with E-state index in [1.165, 1.54) is 0 Å². The highest BCUT2D eigenvalue weighted by atomic mass is 16.5. The molecule has 0 N–H and O–H groups in total. The Bertz CT molecular complexity index is 141. The molecule has 0 fully saturated rings. The average Bonchev–Trinajstić information content (AvgIpc) is 2.19. The topological polar surface area (TPSA) is 27.7 Å². The van der Waals surface area contributed by atoms with Crippen molar-refractivity contribution < 1.29 is 14.2 Å². The molecule has 0 rings (SSSR count). The second kappa shape index (κ2) is 10.1. The zero-order chi connectivity index (χ0) is 12.3. The van der Waals surface area contributed by atoms with E-state index in [4.69, 9.17) is 14.2 Å². The maximum absolute atomic E-state index is 5.47. The Balaban J connectivity index is 2.99. The van der Waals surface area contributed by atoms with Crippen molar-refractivity contribution in [2.24, 2.45) is 5.41 Å². The minimum Gasteiger partial charge on any atom is -0.379 e. The Morgan fingerprint density at radius 3 is 1.56 bits per heavy atom. The van der Waals surface area contributed by atoms with E-state index >= 15 is 0 Å². The Hall–Kier alpha value is -0.120. The predicted molar refractivity (Wildman–Crippen MR) is 66.8 cm³/mol. The first-order valence-corrected chi connectivity index (χ1v) is 6.29. The molecule has 3 nitrogen and oxygen atoms in total. The van der Waals surface area contributed by atoms with Crippen LogP contribution >= 0.6 is 0 Å². The van der Waals surface area contributed by atoms with Gasteiger partial charge in [-0.2, -0.15) is 0 Å². The van der Waals surface area contributed by atoms with Crippen LogP contribution in [0.2, 0.25) is 0 Å². The summed E-state index contributed by atoms with van der Waals surface area (Å²) in [6.45, 7) is 13.1. The Kier molecular flexibility index (Phi) is 9.99. The smallest absolute Gasteiger partial charge is 0.0701 e. The number of ether oxygens (including phenoxy) is 3. The average molecular weight is 232 g/mol. The monoisotopic (exact) mass is 232 g/mol. The minimum atomic E-state index is 0.356. The van der Waals surface area contributed by atoms with Crippen molar-refractivity contribution in [2.45, 2.75) is 40.5 Å². The van der Waals surface area contributed by atoms with Crippen molar-refractivity contribution in [3.8, 4) is 0 Å². The summed E-state index contributed by atoms with van der Waals surface area (Å²) in [5, 5.41) is 0. The SMILES string of the molecule is CCCOCCOCCOCCC(C)(C)C. The Labute approximate surface area is 100 Å². The summed E-state index contributed by atoms with van der Waals surface area (Å²) < 4.78 is 16.1. The van der Waals surface area contributed by atoms with Crippen LogP contribution in [0.25, 0.3) is 0 Å². The van der Waals surface area contributed by atoms with E-state index in [1.807, 2.05) is 0 Å². The molecular formula is C13H28O3. The van der Waals surface area contributed by atoms with Gasteiger partial charge in [-0.3, -0.25) is 0 Å². The molecule has 0 amide bonds. The number of rotatable bonds is 10. The normalized spacial score (nSPS) is 12.0. The molecule has 0 unspecified atom stereocenters. The van der Waals surface area contributed by atoms with Gasteiger partial charge in [0.2, 0.25) is 0 Å². The Morgan fingerprint density at radius 1 is 0.688 bits per heavy atom. The summed E-state index contributed by atoms with van der Waals surface area (Å²) in [7, 11) is 0. The van der Waals surface area contributed by atoms with Gasteiger partial charge in [0.05, 0.1) is 26.4 Å². The molecular weight excluding hydrogens is 204 g/mol. The highest BCUT2D eigenvalue weighted by molar-refractivity contribution is 4.59. The van der Waals surface area contributed by atoms with Crippen LogP contribution in [0, 0.1) is 5.41 Å². The molecule has 3 heteroatoms. The second-order valence-electron chi connectivity index (χ2n) is 5.15. The van der Waals surface area contributed by atoms with E-state index in [9.17, 15) is 0 Å². The molecule has 0 aromatic heterocycles. The first kappa shape index (κ1) is 15.9. The van der Waals surface area contributed by atoms with Crippen LogP contribution in [0.1, 0.15) is 40.5 Å². The second-order valence-corrected chi connectivity index (χ2v) is 5.15. The molecule has 0 aliphatic carbocycles. The van der Waals surface area contributed by atoms with Crippen molar-refractivity contribution >= 4 is 0 Å². The quantitative estimate of drug-likeness (QED) is 0.542. The zero-order valence-electron chi connectivity index (χ0n) is 11.4. The van der Waals surface area contributed by atoms with Crippen LogP contribution in [0.3, 0.4) is 0 Å². The lowest BCUT2D eigenvalue weighted by molar-refractivity contribution is 0.0105. The highest BCUT2D eigenvalue weighted by Gasteiger charge is 2.08. The van der Waals surface area contributed by atoms with Gasteiger partial charge in [0.1, 0.15) is 0 Å². The Morgan fingerprint density at radius 2 is 1.12 bits per heavy atom. The molecule has 98 valence electrons. The molecule has 0 bridgehead atoms. The number of hydrogen-bond donors (Lipinski definition) is 0. The molecule has 0 aliphatic rings. The third-order valence-corrected chi connectivity index (χ3v) is 2.09. The fourth-order valence-corrected chi connectivity index (χ4v) is 1.06. The van der Waals surface area contributed by atoms with Crippen molar-refractivity contribution in [1.82, 2.24) is 0 Å². The van der Waals surface area contributed by atoms with E-state index in [0.717, 1.165) is 26.1 Å². The molecule has 0 aliphatic heterocycles. The molecule has 0 aromatic rings. The summed E-state index contributed by atoms with van der Waals surface area (Å²) >= 11 is 0. The largest absolute Gasteiger partial charge is 0.379 e. The van der Waals surface area contributed by atoms with E-state index < -0.39 is 0 Å². The van der Waals surface area contributed by atoms with Gasteiger partial charge < -0.3 is 14.2 Å². The van der Waals surface area contributed by atoms with Crippen molar-refractivity contribution in [1.29, 1.82) is 0 Å². The van der Waals surface area contributed by atoms with E-state index in [1.54, 1.807) is 0 Å². The van der Waals surface area contributed by atoms with Gasteiger partial charge >= 0.3 is 0 Å². The molecule has 0 atom stereocenters. The lowest BCUT2D eigenvalue weighted by Crippen LogP contribution is -2.13. The molecule has 0 radical (unpaired) electrons. The standard InChI is InChI=1S/C13H28O3/c1-5-7-14-9-11-16-12-10-15-8-6-13(2,3)4/h5-12H2,1-4H3.